The maximum Gasteiger partial charge on any atom is 0.109 e. The fraction of sp³-hybridized carbons (Fsp3) is 0.667. The van der Waals surface area contributed by atoms with Gasteiger partial charge in [0, 0.05) is 10.8 Å². The third-order valence-electron chi connectivity index (χ3n) is 1.68. The van der Waals surface area contributed by atoms with Crippen molar-refractivity contribution in [2.24, 2.45) is 5.73 Å². The highest BCUT2D eigenvalue weighted by molar-refractivity contribution is 7.09. The summed E-state index contributed by atoms with van der Waals surface area (Å²) in [7, 11) is 0. The van der Waals surface area contributed by atoms with Gasteiger partial charge in [0.25, 0.3) is 0 Å². The molecule has 0 unspecified atom stereocenters. The van der Waals surface area contributed by atoms with Gasteiger partial charge in [0.2, 0.25) is 0 Å². The first-order valence-electron chi connectivity index (χ1n) is 4.13. The zero-order valence-electron chi connectivity index (χ0n) is 8.09. The lowest BCUT2D eigenvalue weighted by atomic mass is 9.93. The maximum atomic E-state index is 5.72. The fourth-order valence-electron chi connectivity index (χ4n) is 0.841. The van der Waals surface area contributed by atoms with Crippen LogP contribution in [0.4, 0.5) is 0 Å². The van der Waals surface area contributed by atoms with E-state index in [0.717, 1.165) is 10.7 Å². The molecule has 0 spiro atoms. The molecule has 1 aromatic heterocycles. The van der Waals surface area contributed by atoms with Gasteiger partial charge in [-0.05, 0) is 6.92 Å². The van der Waals surface area contributed by atoms with Crippen LogP contribution in [0.5, 0.6) is 0 Å². The van der Waals surface area contributed by atoms with E-state index in [0.29, 0.717) is 0 Å². The van der Waals surface area contributed by atoms with Crippen LogP contribution in [0.25, 0.3) is 0 Å². The summed E-state index contributed by atoms with van der Waals surface area (Å²) in [5, 5.41) is 3.12. The van der Waals surface area contributed by atoms with Crippen LogP contribution in [0.3, 0.4) is 0 Å². The van der Waals surface area contributed by atoms with Crippen molar-refractivity contribution in [2.45, 2.75) is 39.2 Å². The summed E-state index contributed by atoms with van der Waals surface area (Å²) in [5.41, 5.74) is 7.00. The Hall–Kier alpha value is -0.410. The Kier molecular flexibility index (Phi) is 2.54. The molecular formula is C9H16N2S. The third kappa shape index (κ3) is 2.05. The highest BCUT2D eigenvalue weighted by Crippen LogP contribution is 2.25. The minimum atomic E-state index is 0.0612. The van der Waals surface area contributed by atoms with Crippen LogP contribution >= 0.6 is 11.3 Å². The largest absolute Gasteiger partial charge is 0.322 e. The fourth-order valence-corrected chi connectivity index (χ4v) is 1.85. The first-order valence-corrected chi connectivity index (χ1v) is 5.00. The lowest BCUT2D eigenvalue weighted by molar-refractivity contribution is 0.569. The van der Waals surface area contributed by atoms with Gasteiger partial charge in [-0.1, -0.05) is 20.8 Å². The highest BCUT2D eigenvalue weighted by atomic mass is 32.1. The summed E-state index contributed by atoms with van der Waals surface area (Å²) < 4.78 is 0. The molecule has 0 radical (unpaired) electrons. The number of rotatable bonds is 1. The van der Waals surface area contributed by atoms with Crippen LogP contribution in [0, 0.1) is 0 Å². The topological polar surface area (TPSA) is 38.9 Å². The molecule has 0 saturated carbocycles. The Bertz CT molecular complexity index is 258. The van der Waals surface area contributed by atoms with Crippen molar-refractivity contribution in [3.63, 3.8) is 0 Å². The molecule has 0 fully saturated rings. The van der Waals surface area contributed by atoms with Gasteiger partial charge < -0.3 is 5.73 Å². The van der Waals surface area contributed by atoms with Crippen molar-refractivity contribution >= 4 is 11.3 Å². The first-order chi connectivity index (χ1) is 5.41. The molecule has 1 atom stereocenters. The molecule has 2 N–H and O–H groups in total. The molecule has 68 valence electrons. The van der Waals surface area contributed by atoms with E-state index in [2.05, 4.69) is 31.1 Å². The smallest absolute Gasteiger partial charge is 0.109 e. The van der Waals surface area contributed by atoms with Crippen LogP contribution in [0.2, 0.25) is 0 Å². The van der Waals surface area contributed by atoms with Crippen molar-refractivity contribution in [1.82, 2.24) is 4.98 Å². The molecule has 0 saturated heterocycles. The summed E-state index contributed by atoms with van der Waals surface area (Å²) >= 11 is 1.65. The second kappa shape index (κ2) is 3.15. The van der Waals surface area contributed by atoms with Crippen molar-refractivity contribution in [3.05, 3.63) is 16.1 Å². The number of hydrogen-bond donors (Lipinski definition) is 1. The molecular weight excluding hydrogens is 168 g/mol. The molecule has 3 heteroatoms. The van der Waals surface area contributed by atoms with Crippen molar-refractivity contribution < 1.29 is 0 Å². The van der Waals surface area contributed by atoms with E-state index in [9.17, 15) is 0 Å². The van der Waals surface area contributed by atoms with Crippen LogP contribution in [-0.2, 0) is 5.41 Å². The van der Waals surface area contributed by atoms with Crippen LogP contribution in [0.15, 0.2) is 5.38 Å². The normalized spacial score (nSPS) is 14.8. The molecule has 0 aliphatic carbocycles. The Balaban J connectivity index is 2.92. The van der Waals surface area contributed by atoms with Gasteiger partial charge in [0.1, 0.15) is 5.01 Å². The van der Waals surface area contributed by atoms with Gasteiger partial charge >= 0.3 is 0 Å². The average molecular weight is 184 g/mol. The quantitative estimate of drug-likeness (QED) is 0.728. The minimum absolute atomic E-state index is 0.0612. The van der Waals surface area contributed by atoms with Gasteiger partial charge in [-0.3, -0.25) is 0 Å². The lowest BCUT2D eigenvalue weighted by Gasteiger charge is -2.14. The van der Waals surface area contributed by atoms with Gasteiger partial charge in [-0.15, -0.1) is 11.3 Å². The summed E-state index contributed by atoms with van der Waals surface area (Å²) in [5.74, 6) is 0. The lowest BCUT2D eigenvalue weighted by Crippen LogP contribution is -2.12. The molecule has 1 heterocycles. The van der Waals surface area contributed by atoms with E-state index in [1.165, 1.54) is 0 Å². The molecule has 12 heavy (non-hydrogen) atoms. The van der Waals surface area contributed by atoms with E-state index in [1.807, 2.05) is 6.92 Å². The molecule has 0 aliphatic rings. The molecule has 1 aromatic rings. The molecule has 0 aromatic carbocycles. The molecule has 1 rings (SSSR count). The van der Waals surface area contributed by atoms with E-state index in [1.54, 1.807) is 11.3 Å². The second-order valence-electron chi connectivity index (χ2n) is 4.11. The van der Waals surface area contributed by atoms with E-state index >= 15 is 0 Å². The summed E-state index contributed by atoms with van der Waals surface area (Å²) in [6.07, 6.45) is 0. The monoisotopic (exact) mass is 184 g/mol. The number of nitrogens with two attached hydrogens (primary N) is 1. The SMILES string of the molecule is C[C@H](N)c1nc(C(C)(C)C)cs1. The first kappa shape index (κ1) is 9.68. The summed E-state index contributed by atoms with van der Waals surface area (Å²) in [4.78, 5) is 4.47. The Morgan fingerprint density at radius 2 is 2.08 bits per heavy atom. The highest BCUT2D eigenvalue weighted by Gasteiger charge is 2.18. The van der Waals surface area contributed by atoms with E-state index < -0.39 is 0 Å². The zero-order valence-corrected chi connectivity index (χ0v) is 8.90. The van der Waals surface area contributed by atoms with E-state index in [4.69, 9.17) is 5.73 Å². The number of aromatic nitrogens is 1. The van der Waals surface area contributed by atoms with Crippen molar-refractivity contribution in [3.8, 4) is 0 Å². The Morgan fingerprint density at radius 3 is 2.33 bits per heavy atom. The van der Waals surface area contributed by atoms with Crippen molar-refractivity contribution in [2.75, 3.05) is 0 Å². The minimum Gasteiger partial charge on any atom is -0.322 e. The van der Waals surface area contributed by atoms with Gasteiger partial charge in [-0.25, -0.2) is 4.98 Å². The predicted octanol–water partition coefficient (Wildman–Crippen LogP) is 2.46. The summed E-state index contributed by atoms with van der Waals surface area (Å²) in [6, 6.07) is 0.0612. The van der Waals surface area contributed by atoms with E-state index in [-0.39, 0.29) is 11.5 Å². The number of thiazole rings is 1. The maximum absolute atomic E-state index is 5.72. The second-order valence-corrected chi connectivity index (χ2v) is 5.00. The van der Waals surface area contributed by atoms with Crippen LogP contribution < -0.4 is 5.73 Å². The zero-order chi connectivity index (χ0) is 9.35. The van der Waals surface area contributed by atoms with Gasteiger partial charge in [-0.2, -0.15) is 0 Å². The average Bonchev–Trinajstić information content (AvgIpc) is 2.30. The molecule has 0 aliphatic heterocycles. The number of nitrogens with zero attached hydrogens (tertiary/aromatic N) is 1. The van der Waals surface area contributed by atoms with Crippen LogP contribution in [0.1, 0.15) is 44.4 Å². The van der Waals surface area contributed by atoms with Gasteiger partial charge in [0.05, 0.1) is 11.7 Å². The van der Waals surface area contributed by atoms with Crippen LogP contribution in [-0.4, -0.2) is 4.98 Å². The molecule has 0 bridgehead atoms. The Morgan fingerprint density at radius 1 is 1.50 bits per heavy atom. The third-order valence-corrected chi connectivity index (χ3v) is 2.73. The predicted molar refractivity (Wildman–Crippen MR) is 53.4 cm³/mol. The summed E-state index contributed by atoms with van der Waals surface area (Å²) in [6.45, 7) is 8.44. The van der Waals surface area contributed by atoms with Gasteiger partial charge in [0.15, 0.2) is 0 Å². The van der Waals surface area contributed by atoms with Crippen molar-refractivity contribution in [1.29, 1.82) is 0 Å². The number of hydrogen-bond acceptors (Lipinski definition) is 3. The Labute approximate surface area is 77.8 Å². The standard InChI is InChI=1S/C9H16N2S/c1-6(10)8-11-7(5-12-8)9(2,3)4/h5-6H,10H2,1-4H3/t6-/m0/s1. The molecule has 2 nitrogen and oxygen atoms in total. The molecule has 0 amide bonds.